The van der Waals surface area contributed by atoms with Crippen molar-refractivity contribution < 1.29 is 22.0 Å². The molecule has 9 heteroatoms. The van der Waals surface area contributed by atoms with Gasteiger partial charge in [-0.25, -0.2) is 18.6 Å². The molecule has 3 nitrogen and oxygen atoms in total. The molecule has 26 heavy (non-hydrogen) atoms. The Hall–Kier alpha value is -2.42. The molecule has 1 aromatic heterocycles. The van der Waals surface area contributed by atoms with Crippen LogP contribution < -0.4 is 5.69 Å². The molecule has 0 spiro atoms. The van der Waals surface area contributed by atoms with Crippen LogP contribution in [0, 0.1) is 11.6 Å². The Labute approximate surface area is 147 Å². The van der Waals surface area contributed by atoms with Crippen LogP contribution in [0.3, 0.4) is 0 Å². The predicted molar refractivity (Wildman–Crippen MR) is 87.1 cm³/mol. The second-order valence-corrected chi connectivity index (χ2v) is 6.83. The molecule has 0 N–H and O–H groups in total. The van der Waals surface area contributed by atoms with Crippen molar-refractivity contribution in [3.63, 3.8) is 0 Å². The van der Waals surface area contributed by atoms with Gasteiger partial charge in [0, 0.05) is 46.0 Å². The molecular formula is C17H9F5N2OS. The van der Waals surface area contributed by atoms with E-state index < -0.39 is 29.1 Å². The first-order valence-corrected chi connectivity index (χ1v) is 8.48. The van der Waals surface area contributed by atoms with E-state index in [1.54, 1.807) is 0 Å². The minimum atomic E-state index is -4.76. The Balaban J connectivity index is 2.20. The summed E-state index contributed by atoms with van der Waals surface area (Å²) in [4.78, 5) is 15.7. The van der Waals surface area contributed by atoms with Gasteiger partial charge in [-0.05, 0) is 18.2 Å². The van der Waals surface area contributed by atoms with Crippen LogP contribution in [0.25, 0.3) is 22.0 Å². The molecule has 0 saturated carbocycles. The van der Waals surface area contributed by atoms with Crippen LogP contribution in [0.1, 0.15) is 5.56 Å². The van der Waals surface area contributed by atoms with E-state index in [2.05, 4.69) is 4.98 Å². The lowest BCUT2D eigenvalue weighted by Gasteiger charge is -2.24. The number of nitrogens with zero attached hydrogens (tertiary/aromatic N) is 2. The second kappa shape index (κ2) is 5.80. The Morgan fingerprint density at radius 1 is 1.15 bits per heavy atom. The van der Waals surface area contributed by atoms with Gasteiger partial charge in [-0.3, -0.25) is 4.57 Å². The molecule has 1 aliphatic heterocycles. The molecule has 0 fully saturated rings. The van der Waals surface area contributed by atoms with Crippen molar-refractivity contribution in [2.24, 2.45) is 0 Å². The summed E-state index contributed by atoms with van der Waals surface area (Å²) in [5.74, 6) is -1.65. The Morgan fingerprint density at radius 3 is 2.62 bits per heavy atom. The molecule has 0 amide bonds. The van der Waals surface area contributed by atoms with Gasteiger partial charge in [-0.15, -0.1) is 11.8 Å². The third-order valence-corrected chi connectivity index (χ3v) is 5.24. The van der Waals surface area contributed by atoms with Gasteiger partial charge in [0.25, 0.3) is 0 Å². The van der Waals surface area contributed by atoms with Gasteiger partial charge in [-0.1, -0.05) is 0 Å². The summed E-state index contributed by atoms with van der Waals surface area (Å²) < 4.78 is 69.9. The van der Waals surface area contributed by atoms with Gasteiger partial charge >= 0.3 is 11.9 Å². The summed E-state index contributed by atoms with van der Waals surface area (Å²) in [6, 6.07) is 3.28. The lowest BCUT2D eigenvalue weighted by molar-refractivity contribution is -0.137. The smallest absolute Gasteiger partial charge is 0.290 e. The maximum atomic E-state index is 14.3. The molecule has 0 bridgehead atoms. The Kier molecular flexibility index (Phi) is 3.80. The zero-order chi connectivity index (χ0) is 18.6. The summed E-state index contributed by atoms with van der Waals surface area (Å²) in [5.41, 5.74) is -2.09. The predicted octanol–water partition coefficient (Wildman–Crippen LogP) is 4.47. The molecule has 0 unspecified atom stereocenters. The van der Waals surface area contributed by atoms with Crippen molar-refractivity contribution in [1.29, 1.82) is 0 Å². The van der Waals surface area contributed by atoms with Crippen molar-refractivity contribution in [3.05, 3.63) is 58.1 Å². The SMILES string of the molecule is O=c1ncc2cc(C(F)(F)F)c(-c3ccc(F)cc3F)c3c2n1CCS3. The van der Waals surface area contributed by atoms with Crippen LogP contribution in [-0.2, 0) is 12.7 Å². The van der Waals surface area contributed by atoms with E-state index in [0.717, 1.165) is 36.2 Å². The molecule has 134 valence electrons. The molecule has 1 aliphatic rings. The van der Waals surface area contributed by atoms with Crippen molar-refractivity contribution in [2.75, 3.05) is 5.75 Å². The van der Waals surface area contributed by atoms with Gasteiger partial charge < -0.3 is 0 Å². The third kappa shape index (κ3) is 2.57. The van der Waals surface area contributed by atoms with E-state index in [4.69, 9.17) is 0 Å². The average Bonchev–Trinajstić information content (AvgIpc) is 2.57. The number of aromatic nitrogens is 2. The van der Waals surface area contributed by atoms with Gasteiger partial charge in [0.2, 0.25) is 0 Å². The first-order valence-electron chi connectivity index (χ1n) is 7.49. The highest BCUT2D eigenvalue weighted by molar-refractivity contribution is 7.99. The highest BCUT2D eigenvalue weighted by atomic mass is 32.2. The molecule has 2 aromatic carbocycles. The number of alkyl halides is 3. The first-order chi connectivity index (χ1) is 12.3. The second-order valence-electron chi connectivity index (χ2n) is 5.73. The van der Waals surface area contributed by atoms with Crippen molar-refractivity contribution >= 4 is 22.7 Å². The van der Waals surface area contributed by atoms with E-state index in [1.807, 2.05) is 0 Å². The first kappa shape index (κ1) is 17.0. The quantitative estimate of drug-likeness (QED) is 0.581. The lowest BCUT2D eigenvalue weighted by atomic mass is 9.96. The van der Waals surface area contributed by atoms with E-state index >= 15 is 0 Å². The lowest BCUT2D eigenvalue weighted by Crippen LogP contribution is -2.27. The van der Waals surface area contributed by atoms with Gasteiger partial charge in [0.15, 0.2) is 0 Å². The van der Waals surface area contributed by atoms with Crippen LogP contribution in [0.4, 0.5) is 22.0 Å². The zero-order valence-corrected chi connectivity index (χ0v) is 13.7. The molecular weight excluding hydrogens is 375 g/mol. The molecule has 0 saturated heterocycles. The Morgan fingerprint density at radius 2 is 1.92 bits per heavy atom. The number of thioether (sulfide) groups is 1. The molecule has 2 heterocycles. The van der Waals surface area contributed by atoms with Crippen molar-refractivity contribution in [1.82, 2.24) is 9.55 Å². The summed E-state index contributed by atoms with van der Waals surface area (Å²) in [6.45, 7) is 0.289. The maximum Gasteiger partial charge on any atom is 0.417 e. The van der Waals surface area contributed by atoms with Gasteiger partial charge in [0.1, 0.15) is 11.6 Å². The van der Waals surface area contributed by atoms with Crippen LogP contribution >= 0.6 is 11.8 Å². The van der Waals surface area contributed by atoms with Crippen LogP contribution in [-0.4, -0.2) is 15.3 Å². The zero-order valence-electron chi connectivity index (χ0n) is 12.9. The van der Waals surface area contributed by atoms with E-state index in [-0.39, 0.29) is 33.5 Å². The summed E-state index contributed by atoms with van der Waals surface area (Å²) in [5, 5.41) is 0.144. The fraction of sp³-hybridized carbons (Fsp3) is 0.176. The standard InChI is InChI=1S/C17H9F5N2OS/c18-9-1-2-10(12(19)6-9)13-11(17(20,21)22)5-8-7-23-16(25)24-3-4-26-15(13)14(8)24/h1-2,5-7H,3-4H2. The van der Waals surface area contributed by atoms with Crippen molar-refractivity contribution in [2.45, 2.75) is 17.6 Å². The Bertz CT molecular complexity index is 1110. The minimum absolute atomic E-state index is 0.144. The fourth-order valence-corrected chi connectivity index (χ4v) is 4.31. The van der Waals surface area contributed by atoms with Gasteiger partial charge in [0.05, 0.1) is 11.1 Å². The molecule has 4 rings (SSSR count). The molecule has 0 atom stereocenters. The van der Waals surface area contributed by atoms with E-state index in [1.165, 1.54) is 4.57 Å². The van der Waals surface area contributed by atoms with E-state index in [9.17, 15) is 26.7 Å². The maximum absolute atomic E-state index is 14.3. The summed E-state index contributed by atoms with van der Waals surface area (Å²) >= 11 is 1.11. The number of rotatable bonds is 1. The highest BCUT2D eigenvalue weighted by Crippen LogP contribution is 2.47. The average molecular weight is 384 g/mol. The number of hydrogen-bond donors (Lipinski definition) is 0. The van der Waals surface area contributed by atoms with Crippen LogP contribution in [0.15, 0.2) is 40.2 Å². The van der Waals surface area contributed by atoms with Crippen LogP contribution in [0.5, 0.6) is 0 Å². The van der Waals surface area contributed by atoms with Crippen LogP contribution in [0.2, 0.25) is 0 Å². The molecule has 0 radical (unpaired) electrons. The number of halogens is 5. The number of aryl methyl sites for hydroxylation is 1. The van der Waals surface area contributed by atoms with Gasteiger partial charge in [-0.2, -0.15) is 13.2 Å². The normalized spacial score (nSPS) is 14.0. The monoisotopic (exact) mass is 384 g/mol. The molecule has 3 aromatic rings. The highest BCUT2D eigenvalue weighted by Gasteiger charge is 2.37. The molecule has 0 aliphatic carbocycles. The minimum Gasteiger partial charge on any atom is -0.290 e. The number of hydrogen-bond acceptors (Lipinski definition) is 3. The fourth-order valence-electron chi connectivity index (χ4n) is 3.10. The van der Waals surface area contributed by atoms with Crippen molar-refractivity contribution in [3.8, 4) is 11.1 Å². The largest absolute Gasteiger partial charge is 0.417 e. The van der Waals surface area contributed by atoms with E-state index in [0.29, 0.717) is 11.8 Å². The topological polar surface area (TPSA) is 34.9 Å². The third-order valence-electron chi connectivity index (χ3n) is 4.17. The summed E-state index contributed by atoms with van der Waals surface area (Å²) in [7, 11) is 0. The number of benzene rings is 2. The summed E-state index contributed by atoms with van der Waals surface area (Å²) in [6.07, 6.45) is -3.68.